The van der Waals surface area contributed by atoms with Crippen LogP contribution in [0.25, 0.3) is 22.8 Å². The average molecular weight is 357 g/mol. The van der Waals surface area contributed by atoms with Crippen molar-refractivity contribution in [1.29, 1.82) is 0 Å². The molecule has 0 saturated heterocycles. The Morgan fingerprint density at radius 3 is 2.32 bits per heavy atom. The third-order valence-corrected chi connectivity index (χ3v) is 3.59. The summed E-state index contributed by atoms with van der Waals surface area (Å²) < 4.78 is 5.30. The number of nitrogens with zero attached hydrogens (tertiary/aromatic N) is 2. The molecule has 0 atom stereocenters. The van der Waals surface area contributed by atoms with E-state index in [1.54, 1.807) is 24.3 Å². The van der Waals surface area contributed by atoms with Crippen LogP contribution in [0.15, 0.2) is 53.1 Å². The van der Waals surface area contributed by atoms with Crippen LogP contribution in [0.4, 0.5) is 10.5 Å². The van der Waals surface area contributed by atoms with Gasteiger partial charge >= 0.3 is 6.03 Å². The van der Waals surface area contributed by atoms with E-state index in [4.69, 9.17) is 16.1 Å². The molecular weight excluding hydrogens is 340 g/mol. The molecule has 1 heterocycles. The van der Waals surface area contributed by atoms with E-state index in [9.17, 15) is 4.79 Å². The zero-order valence-electron chi connectivity index (χ0n) is 13.8. The number of hydrogen-bond donors (Lipinski definition) is 2. The maximum Gasteiger partial charge on any atom is 0.319 e. The van der Waals surface area contributed by atoms with Crippen molar-refractivity contribution in [2.45, 2.75) is 19.9 Å². The highest BCUT2D eigenvalue weighted by molar-refractivity contribution is 6.30. The second kappa shape index (κ2) is 7.36. The molecule has 25 heavy (non-hydrogen) atoms. The van der Waals surface area contributed by atoms with Crippen LogP contribution in [0.5, 0.6) is 0 Å². The first kappa shape index (κ1) is 17.0. The van der Waals surface area contributed by atoms with Crippen molar-refractivity contribution < 1.29 is 9.32 Å². The van der Waals surface area contributed by atoms with Gasteiger partial charge in [0.05, 0.1) is 0 Å². The lowest BCUT2D eigenvalue weighted by Crippen LogP contribution is -2.34. The number of urea groups is 1. The summed E-state index contributed by atoms with van der Waals surface area (Å²) in [5.41, 5.74) is 2.27. The second-order valence-corrected chi connectivity index (χ2v) is 6.20. The monoisotopic (exact) mass is 356 g/mol. The van der Waals surface area contributed by atoms with Gasteiger partial charge in [-0.05, 0) is 62.4 Å². The van der Waals surface area contributed by atoms with Gasteiger partial charge in [-0.25, -0.2) is 4.79 Å². The molecule has 1 aromatic heterocycles. The van der Waals surface area contributed by atoms with Crippen LogP contribution >= 0.6 is 11.6 Å². The number of benzene rings is 2. The molecule has 2 N–H and O–H groups in total. The molecule has 0 unspecified atom stereocenters. The third kappa shape index (κ3) is 4.36. The summed E-state index contributed by atoms with van der Waals surface area (Å²) in [7, 11) is 0. The zero-order chi connectivity index (χ0) is 17.8. The smallest absolute Gasteiger partial charge is 0.319 e. The van der Waals surface area contributed by atoms with Crippen LogP contribution in [-0.4, -0.2) is 22.2 Å². The quantitative estimate of drug-likeness (QED) is 0.716. The van der Waals surface area contributed by atoms with E-state index in [1.165, 1.54) is 0 Å². The molecule has 7 heteroatoms. The summed E-state index contributed by atoms with van der Waals surface area (Å²) in [4.78, 5) is 16.1. The molecule has 0 saturated carbocycles. The van der Waals surface area contributed by atoms with Crippen molar-refractivity contribution >= 4 is 23.3 Å². The highest BCUT2D eigenvalue weighted by Crippen LogP contribution is 2.24. The fourth-order valence-corrected chi connectivity index (χ4v) is 2.31. The molecule has 6 nitrogen and oxygen atoms in total. The van der Waals surface area contributed by atoms with Crippen molar-refractivity contribution in [3.63, 3.8) is 0 Å². The van der Waals surface area contributed by atoms with Gasteiger partial charge in [-0.2, -0.15) is 4.98 Å². The van der Waals surface area contributed by atoms with Crippen molar-refractivity contribution in [2.24, 2.45) is 0 Å². The molecular formula is C18H17ClN4O2. The van der Waals surface area contributed by atoms with Crippen LogP contribution in [0.3, 0.4) is 0 Å². The Hall–Kier alpha value is -2.86. The van der Waals surface area contributed by atoms with Crippen LogP contribution < -0.4 is 10.6 Å². The second-order valence-electron chi connectivity index (χ2n) is 5.76. The SMILES string of the molecule is CC(C)NC(=O)Nc1ccc(-c2noc(-c3ccc(Cl)cc3)n2)cc1. The molecule has 0 radical (unpaired) electrons. The van der Waals surface area contributed by atoms with E-state index in [-0.39, 0.29) is 12.1 Å². The summed E-state index contributed by atoms with van der Waals surface area (Å²) in [6.07, 6.45) is 0. The van der Waals surface area contributed by atoms with E-state index in [2.05, 4.69) is 20.8 Å². The van der Waals surface area contributed by atoms with E-state index >= 15 is 0 Å². The maximum absolute atomic E-state index is 11.7. The van der Waals surface area contributed by atoms with Gasteiger partial charge in [0.1, 0.15) is 0 Å². The van der Waals surface area contributed by atoms with Crippen molar-refractivity contribution in [2.75, 3.05) is 5.32 Å². The van der Waals surface area contributed by atoms with Gasteiger partial charge in [0, 0.05) is 27.9 Å². The van der Waals surface area contributed by atoms with Crippen molar-refractivity contribution in [3.05, 3.63) is 53.6 Å². The summed E-state index contributed by atoms with van der Waals surface area (Å²) in [6, 6.07) is 14.2. The molecule has 2 aromatic carbocycles. The summed E-state index contributed by atoms with van der Waals surface area (Å²) >= 11 is 5.88. The number of halogens is 1. The number of aromatic nitrogens is 2. The average Bonchev–Trinajstić information content (AvgIpc) is 3.05. The molecule has 0 aliphatic rings. The Kier molecular flexibility index (Phi) is 5.00. The number of nitrogens with one attached hydrogen (secondary N) is 2. The fraction of sp³-hybridized carbons (Fsp3) is 0.167. The van der Waals surface area contributed by atoms with Crippen LogP contribution in [-0.2, 0) is 0 Å². The summed E-state index contributed by atoms with van der Waals surface area (Å²) in [5.74, 6) is 0.897. The van der Waals surface area contributed by atoms with E-state index in [1.807, 2.05) is 38.1 Å². The van der Waals surface area contributed by atoms with Crippen molar-refractivity contribution in [3.8, 4) is 22.8 Å². The van der Waals surface area contributed by atoms with E-state index in [0.717, 1.165) is 11.1 Å². The highest BCUT2D eigenvalue weighted by Gasteiger charge is 2.11. The molecule has 2 amide bonds. The number of hydrogen-bond acceptors (Lipinski definition) is 4. The molecule has 3 aromatic rings. The Labute approximate surface area is 150 Å². The van der Waals surface area contributed by atoms with Gasteiger partial charge in [0.2, 0.25) is 5.82 Å². The predicted molar refractivity (Wildman–Crippen MR) is 97.5 cm³/mol. The predicted octanol–water partition coefficient (Wildman–Crippen LogP) is 4.59. The minimum Gasteiger partial charge on any atom is -0.336 e. The first-order chi connectivity index (χ1) is 12.0. The lowest BCUT2D eigenvalue weighted by molar-refractivity contribution is 0.250. The zero-order valence-corrected chi connectivity index (χ0v) is 14.5. The summed E-state index contributed by atoms with van der Waals surface area (Å²) in [5, 5.41) is 10.2. The Bertz CT molecular complexity index is 858. The molecule has 0 spiro atoms. The lowest BCUT2D eigenvalue weighted by atomic mass is 10.2. The maximum atomic E-state index is 11.7. The molecule has 128 valence electrons. The van der Waals surface area contributed by atoms with Gasteiger partial charge in [0.15, 0.2) is 0 Å². The number of amides is 2. The normalized spacial score (nSPS) is 10.7. The number of anilines is 1. The largest absolute Gasteiger partial charge is 0.336 e. The standard InChI is InChI=1S/C18H17ClN4O2/c1-11(2)20-18(24)21-15-9-5-12(6-10-15)16-22-17(25-23-16)13-3-7-14(19)8-4-13/h3-11H,1-2H3,(H2,20,21,24). The number of carbonyl (C=O) groups is 1. The highest BCUT2D eigenvalue weighted by atomic mass is 35.5. The molecule has 0 fully saturated rings. The van der Waals surface area contributed by atoms with E-state index < -0.39 is 0 Å². The van der Waals surface area contributed by atoms with Crippen molar-refractivity contribution in [1.82, 2.24) is 15.5 Å². The van der Waals surface area contributed by atoms with Gasteiger partial charge in [-0.3, -0.25) is 0 Å². The summed E-state index contributed by atoms with van der Waals surface area (Å²) in [6.45, 7) is 3.80. The first-order valence-electron chi connectivity index (χ1n) is 7.79. The molecule has 3 rings (SSSR count). The van der Waals surface area contributed by atoms with Gasteiger partial charge in [-0.15, -0.1) is 0 Å². The first-order valence-corrected chi connectivity index (χ1v) is 8.16. The van der Waals surface area contributed by atoms with Crippen LogP contribution in [0.1, 0.15) is 13.8 Å². The van der Waals surface area contributed by atoms with Gasteiger partial charge in [-0.1, -0.05) is 16.8 Å². The topological polar surface area (TPSA) is 80.0 Å². The Morgan fingerprint density at radius 2 is 1.68 bits per heavy atom. The Balaban J connectivity index is 1.72. The third-order valence-electron chi connectivity index (χ3n) is 3.34. The Morgan fingerprint density at radius 1 is 1.04 bits per heavy atom. The minimum atomic E-state index is -0.243. The molecule has 0 bridgehead atoms. The van der Waals surface area contributed by atoms with Crippen LogP contribution in [0, 0.1) is 0 Å². The minimum absolute atomic E-state index is 0.0740. The number of rotatable bonds is 4. The molecule has 0 aliphatic carbocycles. The molecule has 0 aliphatic heterocycles. The van der Waals surface area contributed by atoms with Gasteiger partial charge < -0.3 is 15.2 Å². The van der Waals surface area contributed by atoms with Gasteiger partial charge in [0.25, 0.3) is 5.89 Å². The van der Waals surface area contributed by atoms with E-state index in [0.29, 0.717) is 22.4 Å². The lowest BCUT2D eigenvalue weighted by Gasteiger charge is -2.10. The number of carbonyl (C=O) groups excluding carboxylic acids is 1. The fourth-order valence-electron chi connectivity index (χ4n) is 2.18. The van der Waals surface area contributed by atoms with Crippen LogP contribution in [0.2, 0.25) is 5.02 Å².